The van der Waals surface area contributed by atoms with Crippen LogP contribution >= 0.6 is 45.5 Å². The van der Waals surface area contributed by atoms with Crippen molar-refractivity contribution in [3.05, 3.63) is 36.8 Å². The van der Waals surface area contributed by atoms with Gasteiger partial charge in [-0.05, 0) is 53.4 Å². The third-order valence-electron chi connectivity index (χ3n) is 2.44. The van der Waals surface area contributed by atoms with Crippen LogP contribution < -0.4 is 0 Å². The number of aliphatic hydroxyl groups is 1. The largest absolute Gasteiger partial charge is 0.382 e. The Morgan fingerprint density at radius 3 is 2.76 bits per heavy atom. The van der Waals surface area contributed by atoms with Crippen LogP contribution in [0, 0.1) is 2.88 Å². The standard InChI is InChI=1S/C11H12ClIN2OS/c1-6(2)15-10(8(12)4-14-15)11(16)7-3-9(13)17-5-7/h3-6,11,16H,1-2H3. The topological polar surface area (TPSA) is 38.0 Å². The zero-order valence-corrected chi connectivity index (χ0v) is 13.1. The smallest absolute Gasteiger partial charge is 0.123 e. The van der Waals surface area contributed by atoms with Gasteiger partial charge in [-0.15, -0.1) is 11.3 Å². The molecule has 1 atom stereocenters. The van der Waals surface area contributed by atoms with E-state index in [2.05, 4.69) is 27.7 Å². The van der Waals surface area contributed by atoms with Gasteiger partial charge in [0.15, 0.2) is 0 Å². The van der Waals surface area contributed by atoms with E-state index in [0.717, 1.165) is 8.45 Å². The van der Waals surface area contributed by atoms with E-state index >= 15 is 0 Å². The van der Waals surface area contributed by atoms with E-state index in [4.69, 9.17) is 11.6 Å². The van der Waals surface area contributed by atoms with E-state index in [1.807, 2.05) is 25.3 Å². The maximum atomic E-state index is 10.4. The van der Waals surface area contributed by atoms with Crippen molar-refractivity contribution in [3.8, 4) is 0 Å². The molecule has 2 aromatic heterocycles. The zero-order valence-electron chi connectivity index (χ0n) is 9.39. The first-order chi connectivity index (χ1) is 8.00. The predicted octanol–water partition coefficient (Wildman–Crippen LogP) is 3.87. The van der Waals surface area contributed by atoms with Crippen molar-refractivity contribution in [2.75, 3.05) is 0 Å². The predicted molar refractivity (Wildman–Crippen MR) is 78.7 cm³/mol. The van der Waals surface area contributed by atoms with Crippen molar-refractivity contribution in [1.29, 1.82) is 0 Å². The summed E-state index contributed by atoms with van der Waals surface area (Å²) in [6, 6.07) is 2.13. The van der Waals surface area contributed by atoms with E-state index in [1.165, 1.54) is 0 Å². The zero-order chi connectivity index (χ0) is 12.6. The van der Waals surface area contributed by atoms with Gasteiger partial charge in [0.05, 0.1) is 19.8 Å². The average molecular weight is 383 g/mol. The van der Waals surface area contributed by atoms with Crippen LogP contribution in [0.25, 0.3) is 0 Å². The summed E-state index contributed by atoms with van der Waals surface area (Å²) in [6.07, 6.45) is 0.865. The normalized spacial score (nSPS) is 13.3. The molecule has 1 unspecified atom stereocenters. The summed E-state index contributed by atoms with van der Waals surface area (Å²) in [4.78, 5) is 0. The van der Waals surface area contributed by atoms with Gasteiger partial charge < -0.3 is 5.11 Å². The molecule has 0 radical (unpaired) electrons. The molecule has 0 saturated carbocycles. The fraction of sp³-hybridized carbons (Fsp3) is 0.364. The van der Waals surface area contributed by atoms with Gasteiger partial charge in [-0.1, -0.05) is 11.6 Å². The molecule has 0 fully saturated rings. The lowest BCUT2D eigenvalue weighted by atomic mass is 10.1. The molecule has 0 saturated heterocycles. The Bertz CT molecular complexity index is 523. The number of aliphatic hydroxyl groups excluding tert-OH is 1. The van der Waals surface area contributed by atoms with Crippen molar-refractivity contribution in [2.45, 2.75) is 26.0 Å². The highest BCUT2D eigenvalue weighted by molar-refractivity contribution is 14.1. The molecule has 0 amide bonds. The maximum Gasteiger partial charge on any atom is 0.123 e. The Morgan fingerprint density at radius 2 is 2.24 bits per heavy atom. The lowest BCUT2D eigenvalue weighted by Gasteiger charge is -2.15. The minimum atomic E-state index is -0.716. The van der Waals surface area contributed by atoms with Crippen LogP contribution in [0.15, 0.2) is 17.6 Å². The Morgan fingerprint density at radius 1 is 1.53 bits per heavy atom. The van der Waals surface area contributed by atoms with E-state index < -0.39 is 6.10 Å². The molecule has 0 aliphatic rings. The summed E-state index contributed by atoms with van der Waals surface area (Å²) in [5, 5.41) is 17.0. The molecule has 0 bridgehead atoms. The summed E-state index contributed by atoms with van der Waals surface area (Å²) < 4.78 is 2.90. The number of hydrogen-bond donors (Lipinski definition) is 1. The number of thiophene rings is 1. The first kappa shape index (κ1) is 13.3. The fourth-order valence-corrected chi connectivity index (χ4v) is 3.27. The molecule has 0 aliphatic heterocycles. The van der Waals surface area contributed by atoms with E-state index in [-0.39, 0.29) is 6.04 Å². The average Bonchev–Trinajstić information content (AvgIpc) is 2.83. The third-order valence-corrected chi connectivity index (χ3v) is 4.54. The lowest BCUT2D eigenvalue weighted by molar-refractivity contribution is 0.205. The van der Waals surface area contributed by atoms with Gasteiger partial charge in [-0.25, -0.2) is 0 Å². The van der Waals surface area contributed by atoms with Crippen LogP contribution in [0.2, 0.25) is 5.02 Å². The van der Waals surface area contributed by atoms with E-state index in [1.54, 1.807) is 22.2 Å². The fourth-order valence-electron chi connectivity index (χ4n) is 1.64. The molecular formula is C11H12ClIN2OS. The lowest BCUT2D eigenvalue weighted by Crippen LogP contribution is -2.12. The molecule has 1 N–H and O–H groups in total. The maximum absolute atomic E-state index is 10.4. The highest BCUT2D eigenvalue weighted by Gasteiger charge is 2.21. The molecule has 6 heteroatoms. The summed E-state index contributed by atoms with van der Waals surface area (Å²) in [7, 11) is 0. The monoisotopic (exact) mass is 382 g/mol. The first-order valence-electron chi connectivity index (χ1n) is 5.15. The molecule has 2 heterocycles. The van der Waals surface area contributed by atoms with Gasteiger partial charge in [0.1, 0.15) is 6.10 Å². The highest BCUT2D eigenvalue weighted by Crippen LogP contribution is 2.32. The second-order valence-corrected chi connectivity index (χ2v) is 7.22. The minimum Gasteiger partial charge on any atom is -0.382 e. The number of nitrogens with zero attached hydrogens (tertiary/aromatic N) is 2. The minimum absolute atomic E-state index is 0.171. The second kappa shape index (κ2) is 5.26. The van der Waals surface area contributed by atoms with E-state index in [0.29, 0.717) is 10.7 Å². The molecule has 17 heavy (non-hydrogen) atoms. The van der Waals surface area contributed by atoms with Crippen molar-refractivity contribution >= 4 is 45.5 Å². The molecule has 2 aromatic rings. The van der Waals surface area contributed by atoms with Crippen LogP contribution in [0.1, 0.15) is 37.3 Å². The highest BCUT2D eigenvalue weighted by atomic mass is 127. The summed E-state index contributed by atoms with van der Waals surface area (Å²) in [6.45, 7) is 4.02. The Kier molecular flexibility index (Phi) is 4.12. The first-order valence-corrected chi connectivity index (χ1v) is 7.49. The van der Waals surface area contributed by atoms with Gasteiger partial charge in [-0.3, -0.25) is 4.68 Å². The van der Waals surface area contributed by atoms with Crippen LogP contribution in [0.5, 0.6) is 0 Å². The third kappa shape index (κ3) is 2.67. The van der Waals surface area contributed by atoms with Crippen LogP contribution in [-0.4, -0.2) is 14.9 Å². The van der Waals surface area contributed by atoms with Crippen LogP contribution in [0.3, 0.4) is 0 Å². The van der Waals surface area contributed by atoms with Gasteiger partial charge in [0.25, 0.3) is 0 Å². The van der Waals surface area contributed by atoms with Gasteiger partial charge in [-0.2, -0.15) is 5.10 Å². The summed E-state index contributed by atoms with van der Waals surface area (Å²) in [5.74, 6) is 0. The summed E-state index contributed by atoms with van der Waals surface area (Å²) >= 11 is 9.94. The number of rotatable bonds is 3. The van der Waals surface area contributed by atoms with Gasteiger partial charge in [0, 0.05) is 6.04 Å². The van der Waals surface area contributed by atoms with E-state index in [9.17, 15) is 5.11 Å². The van der Waals surface area contributed by atoms with Crippen molar-refractivity contribution in [1.82, 2.24) is 9.78 Å². The van der Waals surface area contributed by atoms with Crippen molar-refractivity contribution in [2.24, 2.45) is 0 Å². The van der Waals surface area contributed by atoms with Crippen molar-refractivity contribution in [3.63, 3.8) is 0 Å². The van der Waals surface area contributed by atoms with Crippen LogP contribution in [-0.2, 0) is 0 Å². The summed E-state index contributed by atoms with van der Waals surface area (Å²) in [5.41, 5.74) is 1.53. The SMILES string of the molecule is CC(C)n1ncc(Cl)c1C(O)c1csc(I)c1. The Balaban J connectivity index is 2.43. The molecule has 3 nitrogen and oxygen atoms in total. The Hall–Kier alpha value is -0.110. The van der Waals surface area contributed by atoms with Crippen LogP contribution in [0.4, 0.5) is 0 Å². The molecule has 92 valence electrons. The van der Waals surface area contributed by atoms with Gasteiger partial charge in [0.2, 0.25) is 0 Å². The number of halogens is 2. The molecule has 0 aliphatic carbocycles. The Labute approximate surface area is 123 Å². The quantitative estimate of drug-likeness (QED) is 0.819. The molecule has 2 rings (SSSR count). The molecule has 0 spiro atoms. The molecular weight excluding hydrogens is 371 g/mol. The molecule has 0 aromatic carbocycles. The van der Waals surface area contributed by atoms with Crippen molar-refractivity contribution < 1.29 is 5.11 Å². The van der Waals surface area contributed by atoms with Gasteiger partial charge >= 0.3 is 0 Å². The number of aromatic nitrogens is 2. The number of hydrogen-bond acceptors (Lipinski definition) is 3. The second-order valence-electron chi connectivity index (χ2n) is 4.00.